The number of rotatable bonds is 4. The quantitative estimate of drug-likeness (QED) is 0.916. The Kier molecular flexibility index (Phi) is 4.71. The summed E-state index contributed by atoms with van der Waals surface area (Å²) in [5.41, 5.74) is 0. The Morgan fingerprint density at radius 2 is 2.35 bits per heavy atom. The molecule has 0 amide bonds. The summed E-state index contributed by atoms with van der Waals surface area (Å²) in [4.78, 5) is 4.93. The van der Waals surface area contributed by atoms with Crippen molar-refractivity contribution < 1.29 is 4.42 Å². The first-order valence-electron chi connectivity index (χ1n) is 7.81. The van der Waals surface area contributed by atoms with Crippen LogP contribution in [-0.4, -0.2) is 23.0 Å². The van der Waals surface area contributed by atoms with E-state index in [0.717, 1.165) is 24.5 Å². The van der Waals surface area contributed by atoms with E-state index in [2.05, 4.69) is 12.2 Å². The van der Waals surface area contributed by atoms with Gasteiger partial charge in [-0.05, 0) is 44.2 Å². The molecule has 2 aliphatic rings. The minimum absolute atomic E-state index is 0.450. The van der Waals surface area contributed by atoms with Crippen LogP contribution in [0.15, 0.2) is 27.8 Å². The maximum absolute atomic E-state index is 5.38. The molecule has 20 heavy (non-hydrogen) atoms. The summed E-state index contributed by atoms with van der Waals surface area (Å²) in [7, 11) is 0. The monoisotopic (exact) mass is 292 g/mol. The van der Waals surface area contributed by atoms with Crippen molar-refractivity contribution in [2.45, 2.75) is 57.5 Å². The van der Waals surface area contributed by atoms with Gasteiger partial charge in [0.2, 0.25) is 0 Å². The molecule has 3 unspecified atom stereocenters. The Morgan fingerprint density at radius 3 is 3.20 bits per heavy atom. The second-order valence-corrected chi connectivity index (χ2v) is 7.03. The van der Waals surface area contributed by atoms with Crippen molar-refractivity contribution in [1.82, 2.24) is 5.32 Å². The van der Waals surface area contributed by atoms with E-state index in [1.165, 1.54) is 36.6 Å². The maximum Gasteiger partial charge on any atom is 0.157 e. The summed E-state index contributed by atoms with van der Waals surface area (Å²) in [6, 6.07) is 5.04. The molecule has 0 bridgehead atoms. The fraction of sp³-hybridized carbons (Fsp3) is 0.688. The summed E-state index contributed by atoms with van der Waals surface area (Å²) in [5, 5.41) is 4.75. The zero-order chi connectivity index (χ0) is 13.8. The summed E-state index contributed by atoms with van der Waals surface area (Å²) < 4.78 is 5.38. The van der Waals surface area contributed by atoms with Crippen LogP contribution in [0.3, 0.4) is 0 Å². The van der Waals surface area contributed by atoms with Gasteiger partial charge in [-0.3, -0.25) is 4.99 Å². The van der Waals surface area contributed by atoms with E-state index < -0.39 is 0 Å². The predicted molar refractivity (Wildman–Crippen MR) is 85.3 cm³/mol. The van der Waals surface area contributed by atoms with Gasteiger partial charge in [0.25, 0.3) is 0 Å². The van der Waals surface area contributed by atoms with Crippen molar-refractivity contribution in [1.29, 1.82) is 0 Å². The topological polar surface area (TPSA) is 37.5 Å². The van der Waals surface area contributed by atoms with Gasteiger partial charge in [-0.25, -0.2) is 0 Å². The fourth-order valence-electron chi connectivity index (χ4n) is 3.10. The van der Waals surface area contributed by atoms with Gasteiger partial charge in [0.05, 0.1) is 12.3 Å². The van der Waals surface area contributed by atoms with E-state index in [1.54, 1.807) is 6.26 Å². The molecule has 1 aliphatic heterocycles. The van der Waals surface area contributed by atoms with E-state index in [-0.39, 0.29) is 0 Å². The molecule has 4 heteroatoms. The highest BCUT2D eigenvalue weighted by Crippen LogP contribution is 2.33. The summed E-state index contributed by atoms with van der Waals surface area (Å²) in [6.45, 7) is 2.24. The third kappa shape index (κ3) is 3.60. The van der Waals surface area contributed by atoms with Gasteiger partial charge in [-0.1, -0.05) is 24.6 Å². The number of hydrogen-bond donors (Lipinski definition) is 1. The summed E-state index contributed by atoms with van der Waals surface area (Å²) >= 11 is 1.92. The van der Waals surface area contributed by atoms with Gasteiger partial charge < -0.3 is 9.73 Å². The lowest BCUT2D eigenvalue weighted by Crippen LogP contribution is -2.38. The largest absolute Gasteiger partial charge is 0.469 e. The molecular weight excluding hydrogens is 268 g/mol. The van der Waals surface area contributed by atoms with Crippen LogP contribution in [-0.2, 0) is 6.42 Å². The summed E-state index contributed by atoms with van der Waals surface area (Å²) in [6.07, 6.45) is 9.25. The number of aryl methyl sites for hydroxylation is 1. The number of nitrogens with one attached hydrogen (secondary N) is 1. The molecule has 1 saturated carbocycles. The Bertz CT molecular complexity index is 443. The number of amidine groups is 1. The van der Waals surface area contributed by atoms with Crippen LogP contribution in [0.2, 0.25) is 0 Å². The second kappa shape index (κ2) is 6.70. The first-order chi connectivity index (χ1) is 9.81. The van der Waals surface area contributed by atoms with Gasteiger partial charge in [0.1, 0.15) is 5.76 Å². The fourth-order valence-corrected chi connectivity index (χ4v) is 4.36. The van der Waals surface area contributed by atoms with E-state index in [1.807, 2.05) is 23.9 Å². The number of thioether (sulfide) groups is 1. The van der Waals surface area contributed by atoms with Crippen molar-refractivity contribution in [3.63, 3.8) is 0 Å². The number of nitrogens with zero attached hydrogens (tertiary/aromatic N) is 1. The Morgan fingerprint density at radius 1 is 1.45 bits per heavy atom. The van der Waals surface area contributed by atoms with Gasteiger partial charge in [-0.15, -0.1) is 0 Å². The molecule has 1 fully saturated rings. The van der Waals surface area contributed by atoms with Gasteiger partial charge in [-0.2, -0.15) is 0 Å². The highest BCUT2D eigenvalue weighted by molar-refractivity contribution is 8.13. The standard InChI is InChI=1S/C16H24N2OS/c1-12(8-9-14-6-4-10-19-14)17-16-18-15-7-3-2-5-13(15)11-20-16/h4,6,10,12-13,15H,2-3,5,7-9,11H2,1H3,(H,17,18). The second-order valence-electron chi connectivity index (χ2n) is 6.02. The zero-order valence-corrected chi connectivity index (χ0v) is 13.0. The lowest BCUT2D eigenvalue weighted by Gasteiger charge is -2.33. The van der Waals surface area contributed by atoms with Crippen LogP contribution in [0.5, 0.6) is 0 Å². The van der Waals surface area contributed by atoms with Gasteiger partial charge >= 0.3 is 0 Å². The molecule has 1 aliphatic carbocycles. The molecular formula is C16H24N2OS. The molecule has 0 spiro atoms. The first-order valence-corrected chi connectivity index (χ1v) is 8.79. The minimum atomic E-state index is 0.450. The van der Waals surface area contributed by atoms with Crippen LogP contribution < -0.4 is 5.32 Å². The van der Waals surface area contributed by atoms with Gasteiger partial charge in [0.15, 0.2) is 5.17 Å². The predicted octanol–water partition coefficient (Wildman–Crippen LogP) is 3.85. The number of fused-ring (bicyclic) bond motifs is 1. The van der Waals surface area contributed by atoms with E-state index >= 15 is 0 Å². The molecule has 3 nitrogen and oxygen atoms in total. The van der Waals surface area contributed by atoms with Crippen LogP contribution in [0, 0.1) is 5.92 Å². The molecule has 0 saturated heterocycles. The Balaban J connectivity index is 1.48. The Hall–Kier alpha value is -0.900. The normalized spacial score (nSPS) is 27.6. The van der Waals surface area contributed by atoms with Crippen molar-refractivity contribution in [2.75, 3.05) is 5.75 Å². The van der Waals surface area contributed by atoms with Crippen molar-refractivity contribution in [2.24, 2.45) is 10.9 Å². The average molecular weight is 292 g/mol. The first kappa shape index (κ1) is 14.1. The smallest absolute Gasteiger partial charge is 0.157 e. The van der Waals surface area contributed by atoms with Crippen LogP contribution in [0.4, 0.5) is 0 Å². The zero-order valence-electron chi connectivity index (χ0n) is 12.2. The molecule has 0 radical (unpaired) electrons. The van der Waals surface area contributed by atoms with E-state index in [9.17, 15) is 0 Å². The van der Waals surface area contributed by atoms with Crippen LogP contribution in [0.25, 0.3) is 0 Å². The maximum atomic E-state index is 5.38. The van der Waals surface area contributed by atoms with E-state index in [0.29, 0.717) is 12.1 Å². The van der Waals surface area contributed by atoms with Crippen LogP contribution in [0.1, 0.15) is 44.8 Å². The number of hydrogen-bond acceptors (Lipinski definition) is 4. The average Bonchev–Trinajstić information content (AvgIpc) is 2.98. The number of furan rings is 1. The van der Waals surface area contributed by atoms with Crippen molar-refractivity contribution in [3.05, 3.63) is 24.2 Å². The number of aliphatic imine (C=N–C) groups is 1. The lowest BCUT2D eigenvalue weighted by molar-refractivity contribution is 0.335. The highest BCUT2D eigenvalue weighted by Gasteiger charge is 2.29. The SMILES string of the molecule is CC(CCc1ccco1)NC1=NC2CCCCC2CS1. The molecule has 0 aromatic carbocycles. The lowest BCUT2D eigenvalue weighted by atomic mass is 9.86. The van der Waals surface area contributed by atoms with Gasteiger partial charge in [0, 0.05) is 18.2 Å². The molecule has 3 atom stereocenters. The molecule has 1 aromatic heterocycles. The molecule has 2 heterocycles. The molecule has 110 valence electrons. The highest BCUT2D eigenvalue weighted by atomic mass is 32.2. The molecule has 1 aromatic rings. The molecule has 1 N–H and O–H groups in total. The molecule has 3 rings (SSSR count). The third-order valence-corrected chi connectivity index (χ3v) is 5.45. The summed E-state index contributed by atoms with van der Waals surface area (Å²) in [5.74, 6) is 3.16. The third-order valence-electron chi connectivity index (χ3n) is 4.36. The Labute approximate surface area is 125 Å². The van der Waals surface area contributed by atoms with Crippen molar-refractivity contribution in [3.8, 4) is 0 Å². The van der Waals surface area contributed by atoms with E-state index in [4.69, 9.17) is 9.41 Å². The minimum Gasteiger partial charge on any atom is -0.469 e. The van der Waals surface area contributed by atoms with Crippen molar-refractivity contribution >= 4 is 16.9 Å². The van der Waals surface area contributed by atoms with Crippen LogP contribution >= 0.6 is 11.8 Å².